The van der Waals surface area contributed by atoms with E-state index in [1.54, 1.807) is 18.2 Å². The minimum Gasteiger partial charge on any atom is -0.455 e. The van der Waals surface area contributed by atoms with Crippen LogP contribution < -0.4 is 10.5 Å². The third-order valence-corrected chi connectivity index (χ3v) is 3.35. The maximum atomic E-state index is 6.09. The second kappa shape index (κ2) is 5.61. The summed E-state index contributed by atoms with van der Waals surface area (Å²) < 4.78 is 5.79. The predicted molar refractivity (Wildman–Crippen MR) is 75.6 cm³/mol. The van der Waals surface area contributed by atoms with Crippen LogP contribution in [0.2, 0.25) is 10.0 Å². The van der Waals surface area contributed by atoms with E-state index in [2.05, 4.69) is 0 Å². The van der Waals surface area contributed by atoms with Crippen LogP contribution in [0.5, 0.6) is 11.5 Å². The molecule has 1 atom stereocenters. The average Bonchev–Trinajstić information content (AvgIpc) is 2.35. The Bertz CT molecular complexity index is 555. The van der Waals surface area contributed by atoms with Gasteiger partial charge in [-0.2, -0.15) is 0 Å². The second-order valence-corrected chi connectivity index (χ2v) is 4.77. The van der Waals surface area contributed by atoms with Crippen LogP contribution in [0.3, 0.4) is 0 Å². The van der Waals surface area contributed by atoms with E-state index in [1.165, 1.54) is 0 Å². The fraction of sp³-hybridized carbons (Fsp3) is 0.143. The molecule has 2 aromatic carbocycles. The number of halogens is 2. The molecule has 2 N–H and O–H groups in total. The van der Waals surface area contributed by atoms with E-state index >= 15 is 0 Å². The first-order valence-corrected chi connectivity index (χ1v) is 6.31. The molecule has 0 radical (unpaired) electrons. The molecule has 0 aromatic heterocycles. The van der Waals surface area contributed by atoms with Gasteiger partial charge < -0.3 is 10.5 Å². The van der Waals surface area contributed by atoms with Gasteiger partial charge in [0.15, 0.2) is 0 Å². The van der Waals surface area contributed by atoms with Crippen LogP contribution in [0, 0.1) is 0 Å². The molecule has 0 heterocycles. The van der Waals surface area contributed by atoms with Crippen molar-refractivity contribution in [2.45, 2.75) is 13.0 Å². The first-order valence-electron chi connectivity index (χ1n) is 5.56. The van der Waals surface area contributed by atoms with E-state index in [1.807, 2.05) is 31.2 Å². The van der Waals surface area contributed by atoms with Crippen molar-refractivity contribution in [1.29, 1.82) is 0 Å². The van der Waals surface area contributed by atoms with Crippen molar-refractivity contribution in [3.63, 3.8) is 0 Å². The molecule has 0 saturated carbocycles. The molecule has 2 nitrogen and oxygen atoms in total. The summed E-state index contributed by atoms with van der Waals surface area (Å²) in [6.07, 6.45) is 0. The van der Waals surface area contributed by atoms with Gasteiger partial charge in [0.2, 0.25) is 0 Å². The fourth-order valence-electron chi connectivity index (χ4n) is 1.63. The molecule has 0 spiro atoms. The van der Waals surface area contributed by atoms with E-state index in [0.29, 0.717) is 21.5 Å². The van der Waals surface area contributed by atoms with Crippen molar-refractivity contribution >= 4 is 23.2 Å². The molecule has 0 amide bonds. The van der Waals surface area contributed by atoms with Gasteiger partial charge in [0, 0.05) is 11.6 Å². The third-order valence-electron chi connectivity index (χ3n) is 2.55. The smallest absolute Gasteiger partial charge is 0.147 e. The zero-order valence-electron chi connectivity index (χ0n) is 9.86. The van der Waals surface area contributed by atoms with E-state index < -0.39 is 0 Å². The monoisotopic (exact) mass is 281 g/mol. The summed E-state index contributed by atoms with van der Waals surface area (Å²) in [5.41, 5.74) is 6.82. The molecule has 94 valence electrons. The summed E-state index contributed by atoms with van der Waals surface area (Å²) in [4.78, 5) is 0. The van der Waals surface area contributed by atoms with E-state index in [9.17, 15) is 0 Å². The van der Waals surface area contributed by atoms with Crippen molar-refractivity contribution in [1.82, 2.24) is 0 Å². The van der Waals surface area contributed by atoms with E-state index in [0.717, 1.165) is 5.56 Å². The molecular weight excluding hydrogens is 269 g/mol. The molecule has 2 aromatic rings. The quantitative estimate of drug-likeness (QED) is 0.877. The number of rotatable bonds is 3. The highest BCUT2D eigenvalue weighted by molar-refractivity contribution is 6.42. The van der Waals surface area contributed by atoms with Gasteiger partial charge in [0.25, 0.3) is 0 Å². The largest absolute Gasteiger partial charge is 0.455 e. The molecule has 1 unspecified atom stereocenters. The molecular formula is C14H13Cl2NO. The maximum Gasteiger partial charge on any atom is 0.147 e. The van der Waals surface area contributed by atoms with Crippen molar-refractivity contribution < 1.29 is 4.74 Å². The normalized spacial score (nSPS) is 12.2. The maximum absolute atomic E-state index is 6.09. The van der Waals surface area contributed by atoms with Gasteiger partial charge >= 0.3 is 0 Å². The standard InChI is InChI=1S/C14H13Cl2NO/c1-9(17)10-5-2-3-7-12(10)18-13-8-4-6-11(15)14(13)16/h2-9H,17H2,1H3. The van der Waals surface area contributed by atoms with Gasteiger partial charge in [0.05, 0.1) is 5.02 Å². The molecule has 2 rings (SSSR count). The molecule has 0 aliphatic rings. The lowest BCUT2D eigenvalue weighted by atomic mass is 10.1. The molecule has 0 saturated heterocycles. The summed E-state index contributed by atoms with van der Waals surface area (Å²) in [5, 5.41) is 0.867. The lowest BCUT2D eigenvalue weighted by Crippen LogP contribution is -2.06. The van der Waals surface area contributed by atoms with Crippen LogP contribution >= 0.6 is 23.2 Å². The van der Waals surface area contributed by atoms with E-state index in [4.69, 9.17) is 33.7 Å². The van der Waals surface area contributed by atoms with E-state index in [-0.39, 0.29) is 6.04 Å². The van der Waals surface area contributed by atoms with Crippen LogP contribution in [0.1, 0.15) is 18.5 Å². The average molecular weight is 282 g/mol. The Hall–Kier alpha value is -1.22. The highest BCUT2D eigenvalue weighted by Gasteiger charge is 2.11. The first-order chi connectivity index (χ1) is 8.59. The lowest BCUT2D eigenvalue weighted by molar-refractivity contribution is 0.472. The van der Waals surface area contributed by atoms with Crippen molar-refractivity contribution in [3.05, 3.63) is 58.1 Å². The number of para-hydroxylation sites is 1. The van der Waals surface area contributed by atoms with Crippen molar-refractivity contribution in [3.8, 4) is 11.5 Å². The topological polar surface area (TPSA) is 35.2 Å². The summed E-state index contributed by atoms with van der Waals surface area (Å²) in [6, 6.07) is 12.8. The number of benzene rings is 2. The number of hydrogen-bond donors (Lipinski definition) is 1. The molecule has 0 aliphatic heterocycles. The molecule has 0 aliphatic carbocycles. The molecule has 0 fully saturated rings. The van der Waals surface area contributed by atoms with Crippen LogP contribution in [0.4, 0.5) is 0 Å². The summed E-state index contributed by atoms with van der Waals surface area (Å²) in [5.74, 6) is 1.22. The molecule has 18 heavy (non-hydrogen) atoms. The molecule has 4 heteroatoms. The summed E-state index contributed by atoms with van der Waals surface area (Å²) in [6.45, 7) is 1.90. The second-order valence-electron chi connectivity index (χ2n) is 3.98. The Morgan fingerprint density at radius 3 is 2.39 bits per heavy atom. The molecule has 0 bridgehead atoms. The fourth-order valence-corrected chi connectivity index (χ4v) is 1.96. The minimum atomic E-state index is -0.112. The van der Waals surface area contributed by atoms with Gasteiger partial charge in [-0.25, -0.2) is 0 Å². The Balaban J connectivity index is 2.37. The Morgan fingerprint density at radius 1 is 1.00 bits per heavy atom. The van der Waals surface area contributed by atoms with Gasteiger partial charge in [-0.1, -0.05) is 47.5 Å². The number of nitrogens with two attached hydrogens (primary N) is 1. The number of hydrogen-bond acceptors (Lipinski definition) is 2. The predicted octanol–water partition coefficient (Wildman–Crippen LogP) is 4.81. The Labute approximate surface area is 116 Å². The van der Waals surface area contributed by atoms with Gasteiger partial charge in [0.1, 0.15) is 16.5 Å². The van der Waals surface area contributed by atoms with Gasteiger partial charge in [-0.3, -0.25) is 0 Å². The van der Waals surface area contributed by atoms with Crippen molar-refractivity contribution in [2.75, 3.05) is 0 Å². The van der Waals surface area contributed by atoms with Crippen LogP contribution in [-0.4, -0.2) is 0 Å². The Kier molecular flexibility index (Phi) is 4.12. The first kappa shape index (κ1) is 13.2. The van der Waals surface area contributed by atoms with Crippen LogP contribution in [0.25, 0.3) is 0 Å². The Morgan fingerprint density at radius 2 is 1.67 bits per heavy atom. The highest BCUT2D eigenvalue weighted by Crippen LogP contribution is 2.36. The SMILES string of the molecule is CC(N)c1ccccc1Oc1cccc(Cl)c1Cl. The lowest BCUT2D eigenvalue weighted by Gasteiger charge is -2.14. The zero-order chi connectivity index (χ0) is 13.1. The highest BCUT2D eigenvalue weighted by atomic mass is 35.5. The van der Waals surface area contributed by atoms with Crippen molar-refractivity contribution in [2.24, 2.45) is 5.73 Å². The van der Waals surface area contributed by atoms with Gasteiger partial charge in [-0.15, -0.1) is 0 Å². The summed E-state index contributed by atoms with van der Waals surface area (Å²) >= 11 is 12.0. The van der Waals surface area contributed by atoms with Crippen LogP contribution in [0.15, 0.2) is 42.5 Å². The van der Waals surface area contributed by atoms with Crippen LogP contribution in [-0.2, 0) is 0 Å². The zero-order valence-corrected chi connectivity index (χ0v) is 11.4. The minimum absolute atomic E-state index is 0.112. The third kappa shape index (κ3) is 2.78. The number of ether oxygens (including phenoxy) is 1. The van der Waals surface area contributed by atoms with Gasteiger partial charge in [-0.05, 0) is 25.1 Å². The summed E-state index contributed by atoms with van der Waals surface area (Å²) in [7, 11) is 0.